The Hall–Kier alpha value is -2.16. The van der Waals surface area contributed by atoms with Crippen molar-refractivity contribution in [3.05, 3.63) is 71.5 Å². The van der Waals surface area contributed by atoms with E-state index in [1.54, 1.807) is 30.1 Å². The number of carbonyl (C=O) groups is 1. The first-order chi connectivity index (χ1) is 9.66. The van der Waals surface area contributed by atoms with Crippen LogP contribution in [-0.4, -0.2) is 17.9 Å². The number of hydrogen-bond donors (Lipinski definition) is 0. The largest absolute Gasteiger partial charge is 0.341 e. The van der Waals surface area contributed by atoms with Crippen LogP contribution in [0.1, 0.15) is 17.5 Å². The van der Waals surface area contributed by atoms with Crippen molar-refractivity contribution in [1.29, 1.82) is 0 Å². The molecule has 0 aliphatic carbocycles. The van der Waals surface area contributed by atoms with E-state index < -0.39 is 0 Å². The highest BCUT2D eigenvalue weighted by molar-refractivity contribution is 5.76. The second-order valence-corrected chi connectivity index (χ2v) is 4.83. The van der Waals surface area contributed by atoms with Crippen LogP contribution in [0.15, 0.2) is 54.6 Å². The van der Waals surface area contributed by atoms with Gasteiger partial charge in [0.25, 0.3) is 0 Å². The molecule has 2 aromatic carbocycles. The second-order valence-electron chi connectivity index (χ2n) is 4.83. The van der Waals surface area contributed by atoms with Crippen LogP contribution in [0.25, 0.3) is 0 Å². The van der Waals surface area contributed by atoms with E-state index in [1.165, 1.54) is 6.07 Å². The van der Waals surface area contributed by atoms with Gasteiger partial charge in [0.1, 0.15) is 5.82 Å². The molecule has 2 rings (SSSR count). The Kier molecular flexibility index (Phi) is 4.88. The van der Waals surface area contributed by atoms with Gasteiger partial charge in [-0.15, -0.1) is 0 Å². The molecule has 3 heteroatoms. The number of benzene rings is 2. The number of rotatable bonds is 5. The predicted molar refractivity (Wildman–Crippen MR) is 77.6 cm³/mol. The highest BCUT2D eigenvalue weighted by atomic mass is 19.1. The Labute approximate surface area is 118 Å². The van der Waals surface area contributed by atoms with Gasteiger partial charge in [-0.3, -0.25) is 4.79 Å². The molecule has 0 fully saturated rings. The van der Waals surface area contributed by atoms with E-state index in [2.05, 4.69) is 0 Å². The molecule has 0 saturated heterocycles. The Morgan fingerprint density at radius 2 is 1.70 bits per heavy atom. The van der Waals surface area contributed by atoms with Crippen LogP contribution in [0, 0.1) is 5.82 Å². The van der Waals surface area contributed by atoms with Crippen molar-refractivity contribution in [3.63, 3.8) is 0 Å². The average Bonchev–Trinajstić information content (AvgIpc) is 2.47. The summed E-state index contributed by atoms with van der Waals surface area (Å²) in [5.41, 5.74) is 1.68. The third-order valence-corrected chi connectivity index (χ3v) is 3.25. The molecule has 104 valence electrons. The minimum absolute atomic E-state index is 0.0251. The summed E-state index contributed by atoms with van der Waals surface area (Å²) < 4.78 is 13.5. The molecule has 0 unspecified atom stereocenters. The summed E-state index contributed by atoms with van der Waals surface area (Å²) in [7, 11) is 1.77. The SMILES string of the molecule is CN(Cc1ccccc1)C(=O)CCc1ccccc1F. The van der Waals surface area contributed by atoms with Gasteiger partial charge < -0.3 is 4.90 Å². The molecule has 0 aliphatic rings. The summed E-state index contributed by atoms with van der Waals surface area (Å²) in [4.78, 5) is 13.7. The molecule has 2 aromatic rings. The first-order valence-electron chi connectivity index (χ1n) is 6.68. The summed E-state index contributed by atoms with van der Waals surface area (Å²) >= 11 is 0. The van der Waals surface area contributed by atoms with Crippen LogP contribution in [0.2, 0.25) is 0 Å². The van der Waals surface area contributed by atoms with Crippen LogP contribution in [-0.2, 0) is 17.8 Å². The molecule has 2 nitrogen and oxygen atoms in total. The molecular formula is C17H18FNO. The number of aryl methyl sites for hydroxylation is 1. The molecule has 0 N–H and O–H groups in total. The molecule has 0 heterocycles. The van der Waals surface area contributed by atoms with E-state index in [1.807, 2.05) is 30.3 Å². The highest BCUT2D eigenvalue weighted by Gasteiger charge is 2.10. The minimum atomic E-state index is -0.244. The van der Waals surface area contributed by atoms with Crippen molar-refractivity contribution < 1.29 is 9.18 Å². The number of halogens is 1. The molecular weight excluding hydrogens is 253 g/mol. The second kappa shape index (κ2) is 6.85. The molecule has 0 aliphatic heterocycles. The van der Waals surface area contributed by atoms with Gasteiger partial charge in [-0.1, -0.05) is 48.5 Å². The summed E-state index contributed by atoms with van der Waals surface area (Å²) in [5, 5.41) is 0. The Morgan fingerprint density at radius 3 is 2.40 bits per heavy atom. The van der Waals surface area contributed by atoms with Crippen molar-refractivity contribution in [2.75, 3.05) is 7.05 Å². The van der Waals surface area contributed by atoms with Gasteiger partial charge in [-0.05, 0) is 23.6 Å². The van der Waals surface area contributed by atoms with Crippen LogP contribution in [0.5, 0.6) is 0 Å². The zero-order chi connectivity index (χ0) is 14.4. The predicted octanol–water partition coefficient (Wildman–Crippen LogP) is 3.42. The lowest BCUT2D eigenvalue weighted by Gasteiger charge is -2.17. The van der Waals surface area contributed by atoms with Crippen molar-refractivity contribution in [2.24, 2.45) is 0 Å². The first kappa shape index (κ1) is 14.3. The molecule has 0 atom stereocenters. The van der Waals surface area contributed by atoms with Gasteiger partial charge >= 0.3 is 0 Å². The van der Waals surface area contributed by atoms with E-state index in [9.17, 15) is 9.18 Å². The molecule has 0 radical (unpaired) electrons. The van der Waals surface area contributed by atoms with Crippen molar-refractivity contribution in [1.82, 2.24) is 4.90 Å². The lowest BCUT2D eigenvalue weighted by molar-refractivity contribution is -0.130. The standard InChI is InChI=1S/C17H18FNO/c1-19(13-14-7-3-2-4-8-14)17(20)12-11-15-9-5-6-10-16(15)18/h2-10H,11-13H2,1H3. The van der Waals surface area contributed by atoms with E-state index in [0.29, 0.717) is 24.9 Å². The van der Waals surface area contributed by atoms with E-state index in [0.717, 1.165) is 5.56 Å². The van der Waals surface area contributed by atoms with Gasteiger partial charge in [0.05, 0.1) is 0 Å². The smallest absolute Gasteiger partial charge is 0.222 e. The Bertz CT molecular complexity index is 568. The summed E-state index contributed by atoms with van der Waals surface area (Å²) in [6.07, 6.45) is 0.759. The zero-order valence-electron chi connectivity index (χ0n) is 11.6. The van der Waals surface area contributed by atoms with Gasteiger partial charge in [-0.2, -0.15) is 0 Å². The summed E-state index contributed by atoms with van der Waals surface area (Å²) in [5.74, 6) is -0.219. The van der Waals surface area contributed by atoms with Crippen molar-refractivity contribution in [3.8, 4) is 0 Å². The van der Waals surface area contributed by atoms with Crippen LogP contribution in [0.4, 0.5) is 4.39 Å². The van der Waals surface area contributed by atoms with Crippen molar-refractivity contribution >= 4 is 5.91 Å². The minimum Gasteiger partial charge on any atom is -0.341 e. The van der Waals surface area contributed by atoms with Gasteiger partial charge in [-0.25, -0.2) is 4.39 Å². The number of nitrogens with zero attached hydrogens (tertiary/aromatic N) is 1. The van der Waals surface area contributed by atoms with E-state index >= 15 is 0 Å². The number of amides is 1. The average molecular weight is 271 g/mol. The fourth-order valence-electron chi connectivity index (χ4n) is 2.08. The number of carbonyl (C=O) groups excluding carboxylic acids is 1. The Morgan fingerprint density at radius 1 is 1.05 bits per heavy atom. The van der Waals surface area contributed by atoms with Gasteiger partial charge in [0.2, 0.25) is 5.91 Å². The molecule has 0 bridgehead atoms. The molecule has 20 heavy (non-hydrogen) atoms. The number of hydrogen-bond acceptors (Lipinski definition) is 1. The molecule has 0 saturated carbocycles. The Balaban J connectivity index is 1.87. The maximum atomic E-state index is 13.5. The van der Waals surface area contributed by atoms with Crippen LogP contribution < -0.4 is 0 Å². The van der Waals surface area contributed by atoms with Crippen LogP contribution in [0.3, 0.4) is 0 Å². The molecule has 0 aromatic heterocycles. The third-order valence-electron chi connectivity index (χ3n) is 3.25. The lowest BCUT2D eigenvalue weighted by atomic mass is 10.1. The van der Waals surface area contributed by atoms with E-state index in [4.69, 9.17) is 0 Å². The lowest BCUT2D eigenvalue weighted by Crippen LogP contribution is -2.26. The fraction of sp³-hybridized carbons (Fsp3) is 0.235. The summed E-state index contributed by atoms with van der Waals surface area (Å²) in [6.45, 7) is 0.580. The van der Waals surface area contributed by atoms with E-state index in [-0.39, 0.29) is 11.7 Å². The molecule has 1 amide bonds. The van der Waals surface area contributed by atoms with Gasteiger partial charge in [0.15, 0.2) is 0 Å². The monoisotopic (exact) mass is 271 g/mol. The highest BCUT2D eigenvalue weighted by Crippen LogP contribution is 2.10. The normalized spacial score (nSPS) is 10.3. The third kappa shape index (κ3) is 3.92. The zero-order valence-corrected chi connectivity index (χ0v) is 11.6. The van der Waals surface area contributed by atoms with Crippen molar-refractivity contribution in [2.45, 2.75) is 19.4 Å². The van der Waals surface area contributed by atoms with Gasteiger partial charge in [0, 0.05) is 20.0 Å². The maximum Gasteiger partial charge on any atom is 0.222 e. The quantitative estimate of drug-likeness (QED) is 0.816. The fourth-order valence-corrected chi connectivity index (χ4v) is 2.08. The topological polar surface area (TPSA) is 20.3 Å². The first-order valence-corrected chi connectivity index (χ1v) is 6.68. The maximum absolute atomic E-state index is 13.5. The molecule has 0 spiro atoms. The summed E-state index contributed by atoms with van der Waals surface area (Å²) in [6, 6.07) is 16.4. The van der Waals surface area contributed by atoms with Crippen LogP contribution >= 0.6 is 0 Å².